The number of carbonyl (C=O) groups excluding carboxylic acids is 2. The minimum Gasteiger partial charge on any atom is -0.480 e. The van der Waals surface area contributed by atoms with Gasteiger partial charge in [0, 0.05) is 6.07 Å². The van der Waals surface area contributed by atoms with Crippen molar-refractivity contribution in [1.82, 2.24) is 5.32 Å². The average molecular weight is 408 g/mol. The Morgan fingerprint density at radius 2 is 1.80 bits per heavy atom. The fraction of sp³-hybridized carbons (Fsp3) is 0.438. The Morgan fingerprint density at radius 1 is 1.20 bits per heavy atom. The molecule has 0 radical (unpaired) electrons. The van der Waals surface area contributed by atoms with Crippen LogP contribution in [0.4, 0.5) is 0 Å². The van der Waals surface area contributed by atoms with Crippen molar-refractivity contribution in [2.45, 2.75) is 26.3 Å². The van der Waals surface area contributed by atoms with E-state index in [9.17, 15) is 9.59 Å². The molecule has 0 aliphatic rings. The molecule has 0 aliphatic carbocycles. The summed E-state index contributed by atoms with van der Waals surface area (Å²) in [6.07, 6.45) is 0. The number of halogens is 3. The Morgan fingerprint density at radius 3 is 2.36 bits per heavy atom. The molecule has 1 atom stereocenters. The summed E-state index contributed by atoms with van der Waals surface area (Å²) in [7, 11) is 0. The molecule has 1 aromatic rings. The van der Waals surface area contributed by atoms with E-state index in [2.05, 4.69) is 5.32 Å². The number of carbonyl (C=O) groups is 2. The highest BCUT2D eigenvalue weighted by molar-refractivity contribution is 6.43. The van der Waals surface area contributed by atoms with Crippen molar-refractivity contribution in [2.24, 2.45) is 5.92 Å². The van der Waals surface area contributed by atoms with Crippen molar-refractivity contribution in [3.63, 3.8) is 0 Å². The standard InChI is InChI=1S/C16H17Cl3N2O4/c1-9(2)16(3,8-20)21-14(22)6-25-15(23)7-24-13-5-11(18)10(17)4-12(13)19/h4-5,9H,6-7H2,1-3H3,(H,21,22)/t16-/m1/s1. The smallest absolute Gasteiger partial charge is 0.344 e. The molecular formula is C16H17Cl3N2O4. The van der Waals surface area contributed by atoms with Gasteiger partial charge in [-0.05, 0) is 18.9 Å². The van der Waals surface area contributed by atoms with Gasteiger partial charge in [0.1, 0.15) is 11.3 Å². The highest BCUT2D eigenvalue weighted by Gasteiger charge is 2.30. The summed E-state index contributed by atoms with van der Waals surface area (Å²) in [4.78, 5) is 23.5. The zero-order chi connectivity index (χ0) is 19.2. The van der Waals surface area contributed by atoms with E-state index in [-0.39, 0.29) is 26.7 Å². The predicted octanol–water partition coefficient (Wildman–Crippen LogP) is 3.62. The van der Waals surface area contributed by atoms with E-state index < -0.39 is 30.6 Å². The minimum atomic E-state index is -1.05. The van der Waals surface area contributed by atoms with Crippen molar-refractivity contribution in [2.75, 3.05) is 13.2 Å². The van der Waals surface area contributed by atoms with Gasteiger partial charge in [0.2, 0.25) is 0 Å². The van der Waals surface area contributed by atoms with Crippen LogP contribution in [0.3, 0.4) is 0 Å². The molecule has 0 heterocycles. The van der Waals surface area contributed by atoms with E-state index in [1.165, 1.54) is 12.1 Å². The molecule has 9 heteroatoms. The summed E-state index contributed by atoms with van der Waals surface area (Å²) in [6.45, 7) is 4.19. The molecule has 0 aliphatic heterocycles. The molecule has 1 N–H and O–H groups in total. The molecule has 0 aromatic heterocycles. The SMILES string of the molecule is CC(C)[C@@](C)(C#N)NC(=O)COC(=O)COc1cc(Cl)c(Cl)cc1Cl. The van der Waals surface area contributed by atoms with Crippen LogP contribution in [0, 0.1) is 17.2 Å². The Hall–Kier alpha value is -1.68. The van der Waals surface area contributed by atoms with Gasteiger partial charge in [-0.25, -0.2) is 4.79 Å². The largest absolute Gasteiger partial charge is 0.480 e. The number of nitriles is 1. The van der Waals surface area contributed by atoms with Gasteiger partial charge < -0.3 is 14.8 Å². The van der Waals surface area contributed by atoms with Gasteiger partial charge in [-0.15, -0.1) is 0 Å². The number of hydrogen-bond donors (Lipinski definition) is 1. The van der Waals surface area contributed by atoms with Gasteiger partial charge in [0.25, 0.3) is 5.91 Å². The molecule has 0 saturated carbocycles. The van der Waals surface area contributed by atoms with Gasteiger partial charge in [0.05, 0.1) is 21.1 Å². The summed E-state index contributed by atoms with van der Waals surface area (Å²) >= 11 is 17.5. The number of rotatable bonds is 7. The Balaban J connectivity index is 2.50. The number of ether oxygens (including phenoxy) is 2. The molecule has 0 saturated heterocycles. The van der Waals surface area contributed by atoms with E-state index in [4.69, 9.17) is 49.5 Å². The van der Waals surface area contributed by atoms with Gasteiger partial charge in [-0.1, -0.05) is 48.7 Å². The van der Waals surface area contributed by atoms with Gasteiger partial charge >= 0.3 is 5.97 Å². The summed E-state index contributed by atoms with van der Waals surface area (Å²) < 4.78 is 10.00. The van der Waals surface area contributed by atoms with Crippen LogP contribution < -0.4 is 10.1 Å². The van der Waals surface area contributed by atoms with Gasteiger partial charge in [0.15, 0.2) is 13.2 Å². The first-order valence-electron chi connectivity index (χ1n) is 7.24. The monoisotopic (exact) mass is 406 g/mol. The first-order valence-corrected chi connectivity index (χ1v) is 8.37. The zero-order valence-electron chi connectivity index (χ0n) is 13.9. The second kappa shape index (κ2) is 9.14. The lowest BCUT2D eigenvalue weighted by Crippen LogP contribution is -2.50. The first-order chi connectivity index (χ1) is 11.6. The summed E-state index contributed by atoms with van der Waals surface area (Å²) in [5.74, 6) is -1.31. The number of amides is 1. The van der Waals surface area contributed by atoms with Crippen LogP contribution in [-0.2, 0) is 14.3 Å². The zero-order valence-corrected chi connectivity index (χ0v) is 16.1. The van der Waals surface area contributed by atoms with E-state index >= 15 is 0 Å². The molecule has 1 aromatic carbocycles. The van der Waals surface area contributed by atoms with E-state index in [0.717, 1.165) is 0 Å². The van der Waals surface area contributed by atoms with Gasteiger partial charge in [-0.3, -0.25) is 4.79 Å². The third kappa shape index (κ3) is 6.28. The quantitative estimate of drug-likeness (QED) is 0.551. The molecule has 6 nitrogen and oxygen atoms in total. The fourth-order valence-corrected chi connectivity index (χ4v) is 2.16. The lowest BCUT2D eigenvalue weighted by molar-refractivity contribution is -0.150. The first kappa shape index (κ1) is 21.4. The predicted molar refractivity (Wildman–Crippen MR) is 94.9 cm³/mol. The maximum atomic E-state index is 11.8. The number of esters is 1. The van der Waals surface area contributed by atoms with Crippen LogP contribution in [0.25, 0.3) is 0 Å². The van der Waals surface area contributed by atoms with E-state index in [0.29, 0.717) is 0 Å². The van der Waals surface area contributed by atoms with Crippen molar-refractivity contribution < 1.29 is 19.1 Å². The maximum Gasteiger partial charge on any atom is 0.344 e. The van der Waals surface area contributed by atoms with Gasteiger partial charge in [-0.2, -0.15) is 5.26 Å². The number of nitrogens with one attached hydrogen (secondary N) is 1. The fourth-order valence-electron chi connectivity index (χ4n) is 1.57. The average Bonchev–Trinajstić information content (AvgIpc) is 2.54. The lowest BCUT2D eigenvalue weighted by Gasteiger charge is -2.27. The van der Waals surface area contributed by atoms with Crippen LogP contribution in [0.1, 0.15) is 20.8 Å². The number of nitrogens with zero attached hydrogens (tertiary/aromatic N) is 1. The number of hydrogen-bond acceptors (Lipinski definition) is 5. The second-order valence-electron chi connectivity index (χ2n) is 5.66. The summed E-state index contributed by atoms with van der Waals surface area (Å²) in [5.41, 5.74) is -1.05. The Kier molecular flexibility index (Phi) is 7.81. The van der Waals surface area contributed by atoms with Crippen molar-refractivity contribution >= 4 is 46.7 Å². The molecule has 136 valence electrons. The van der Waals surface area contributed by atoms with E-state index in [1.807, 2.05) is 6.07 Å². The van der Waals surface area contributed by atoms with E-state index in [1.54, 1.807) is 20.8 Å². The normalized spacial score (nSPS) is 12.9. The molecule has 0 fully saturated rings. The molecule has 0 bridgehead atoms. The minimum absolute atomic E-state index is 0.114. The maximum absolute atomic E-state index is 11.8. The molecule has 25 heavy (non-hydrogen) atoms. The third-order valence-electron chi connectivity index (χ3n) is 3.47. The Labute approximate surface area is 160 Å². The van der Waals surface area contributed by atoms with Crippen LogP contribution in [0.5, 0.6) is 5.75 Å². The lowest BCUT2D eigenvalue weighted by atomic mass is 9.90. The van der Waals surface area contributed by atoms with Crippen molar-refractivity contribution in [1.29, 1.82) is 5.26 Å². The second-order valence-corrected chi connectivity index (χ2v) is 6.88. The third-order valence-corrected chi connectivity index (χ3v) is 4.49. The van der Waals surface area contributed by atoms with Crippen LogP contribution in [0.2, 0.25) is 15.1 Å². The van der Waals surface area contributed by atoms with Crippen molar-refractivity contribution in [3.05, 3.63) is 27.2 Å². The highest BCUT2D eigenvalue weighted by Crippen LogP contribution is 2.33. The highest BCUT2D eigenvalue weighted by atomic mass is 35.5. The van der Waals surface area contributed by atoms with Crippen LogP contribution >= 0.6 is 34.8 Å². The van der Waals surface area contributed by atoms with Crippen LogP contribution in [0.15, 0.2) is 12.1 Å². The molecule has 1 amide bonds. The molecular weight excluding hydrogens is 391 g/mol. The molecule has 0 unspecified atom stereocenters. The Bertz CT molecular complexity index is 703. The van der Waals surface area contributed by atoms with Crippen molar-refractivity contribution in [3.8, 4) is 11.8 Å². The number of benzene rings is 1. The molecule has 0 spiro atoms. The van der Waals surface area contributed by atoms with Crippen LogP contribution in [-0.4, -0.2) is 30.6 Å². The molecule has 1 rings (SSSR count). The topological polar surface area (TPSA) is 88.4 Å². The summed E-state index contributed by atoms with van der Waals surface area (Å²) in [6, 6.07) is 4.78. The summed E-state index contributed by atoms with van der Waals surface area (Å²) in [5, 5.41) is 12.3.